The molecule has 7 heteroatoms. The first kappa shape index (κ1) is 20.0. The summed E-state index contributed by atoms with van der Waals surface area (Å²) in [6, 6.07) is 11.5. The van der Waals surface area contributed by atoms with Crippen molar-refractivity contribution in [3.05, 3.63) is 60.6 Å². The Hall–Kier alpha value is -3.32. The monoisotopic (exact) mass is 402 g/mol. The molecular weight excluding hydrogens is 376 g/mol. The van der Waals surface area contributed by atoms with Gasteiger partial charge in [0, 0.05) is 35.5 Å². The van der Waals surface area contributed by atoms with Crippen molar-refractivity contribution in [3.8, 4) is 11.3 Å². The van der Waals surface area contributed by atoms with E-state index >= 15 is 0 Å². The zero-order valence-electron chi connectivity index (χ0n) is 17.1. The number of nitrogens with one attached hydrogen (secondary N) is 2. The van der Waals surface area contributed by atoms with E-state index in [0.717, 1.165) is 41.3 Å². The van der Waals surface area contributed by atoms with Crippen LogP contribution in [-0.2, 0) is 4.79 Å². The molecule has 1 aromatic carbocycles. The van der Waals surface area contributed by atoms with Gasteiger partial charge in [0.25, 0.3) is 0 Å². The van der Waals surface area contributed by atoms with E-state index in [1.54, 1.807) is 18.6 Å². The summed E-state index contributed by atoms with van der Waals surface area (Å²) >= 11 is 0. The number of piperidine rings is 1. The van der Waals surface area contributed by atoms with E-state index in [1.165, 1.54) is 19.3 Å². The van der Waals surface area contributed by atoms with Crippen molar-refractivity contribution in [3.63, 3.8) is 0 Å². The second kappa shape index (κ2) is 9.45. The highest BCUT2D eigenvalue weighted by Crippen LogP contribution is 2.24. The van der Waals surface area contributed by atoms with Gasteiger partial charge in [0.2, 0.25) is 11.9 Å². The summed E-state index contributed by atoms with van der Waals surface area (Å²) in [6.07, 6.45) is 8.83. The third-order valence-corrected chi connectivity index (χ3v) is 5.20. The van der Waals surface area contributed by atoms with Crippen LogP contribution in [0.2, 0.25) is 0 Å². The number of carbonyl (C=O) groups is 1. The largest absolute Gasteiger partial charge is 0.325 e. The number of benzene rings is 1. The number of hydrogen-bond donors (Lipinski definition) is 2. The first-order chi connectivity index (χ1) is 14.7. The number of pyridine rings is 1. The molecule has 1 fully saturated rings. The second-order valence-corrected chi connectivity index (χ2v) is 7.55. The van der Waals surface area contributed by atoms with Crippen molar-refractivity contribution in [2.24, 2.45) is 0 Å². The molecule has 2 aromatic heterocycles. The van der Waals surface area contributed by atoms with Crippen LogP contribution in [0.1, 0.15) is 24.8 Å². The Morgan fingerprint density at radius 1 is 1.10 bits per heavy atom. The van der Waals surface area contributed by atoms with Gasteiger partial charge >= 0.3 is 0 Å². The number of carbonyl (C=O) groups excluding carboxylic acids is 1. The summed E-state index contributed by atoms with van der Waals surface area (Å²) in [5, 5.41) is 6.28. The molecular formula is C23H26N6O. The molecule has 0 spiro atoms. The Morgan fingerprint density at radius 3 is 2.77 bits per heavy atom. The van der Waals surface area contributed by atoms with Crippen LogP contribution in [0.4, 0.5) is 17.3 Å². The molecule has 1 aliphatic heterocycles. The molecule has 3 heterocycles. The van der Waals surface area contributed by atoms with E-state index in [0.29, 0.717) is 12.5 Å². The van der Waals surface area contributed by atoms with Gasteiger partial charge in [-0.05, 0) is 68.8 Å². The van der Waals surface area contributed by atoms with Crippen molar-refractivity contribution in [1.29, 1.82) is 0 Å². The number of amides is 1. The number of likely N-dealkylation sites (tertiary alicyclic amines) is 1. The summed E-state index contributed by atoms with van der Waals surface area (Å²) in [7, 11) is 0. The zero-order chi connectivity index (χ0) is 20.8. The van der Waals surface area contributed by atoms with E-state index in [9.17, 15) is 4.79 Å². The minimum atomic E-state index is 0.0153. The highest BCUT2D eigenvalue weighted by molar-refractivity contribution is 5.93. The fourth-order valence-electron chi connectivity index (χ4n) is 3.57. The first-order valence-corrected chi connectivity index (χ1v) is 10.3. The lowest BCUT2D eigenvalue weighted by molar-refractivity contribution is -0.117. The lowest BCUT2D eigenvalue weighted by Gasteiger charge is -2.25. The molecule has 2 N–H and O–H groups in total. The van der Waals surface area contributed by atoms with Gasteiger partial charge in [0.15, 0.2) is 0 Å². The summed E-state index contributed by atoms with van der Waals surface area (Å²) in [5.74, 6) is 0.512. The molecule has 1 aliphatic rings. The smallest absolute Gasteiger partial charge is 0.238 e. The van der Waals surface area contributed by atoms with Crippen molar-refractivity contribution < 1.29 is 4.79 Å². The predicted octanol–water partition coefficient (Wildman–Crippen LogP) is 4.02. The quantitative estimate of drug-likeness (QED) is 0.648. The number of nitrogens with zero attached hydrogens (tertiary/aromatic N) is 4. The number of rotatable bonds is 6. The second-order valence-electron chi connectivity index (χ2n) is 7.55. The molecule has 0 bridgehead atoms. The predicted molar refractivity (Wildman–Crippen MR) is 119 cm³/mol. The average Bonchev–Trinajstić information content (AvgIpc) is 2.77. The van der Waals surface area contributed by atoms with Crippen LogP contribution < -0.4 is 10.6 Å². The van der Waals surface area contributed by atoms with Gasteiger partial charge in [-0.25, -0.2) is 9.97 Å². The summed E-state index contributed by atoms with van der Waals surface area (Å²) in [4.78, 5) is 27.7. The molecule has 1 amide bonds. The van der Waals surface area contributed by atoms with Crippen LogP contribution in [-0.4, -0.2) is 45.4 Å². The van der Waals surface area contributed by atoms with Crippen molar-refractivity contribution in [1.82, 2.24) is 19.9 Å². The van der Waals surface area contributed by atoms with E-state index in [1.807, 2.05) is 43.3 Å². The highest BCUT2D eigenvalue weighted by Gasteiger charge is 2.14. The number of anilines is 3. The summed E-state index contributed by atoms with van der Waals surface area (Å²) in [5.41, 5.74) is 4.38. The number of aryl methyl sites for hydroxylation is 1. The Bertz CT molecular complexity index is 1000. The molecule has 0 aliphatic carbocycles. The molecule has 3 aromatic rings. The van der Waals surface area contributed by atoms with Gasteiger partial charge in [0.05, 0.1) is 12.2 Å². The standard InChI is InChI=1S/C23H26N6O/c1-17-7-8-19(26-22(30)16-29-12-3-2-4-13-29)14-21(17)28-23-25-11-9-20(27-23)18-6-5-10-24-15-18/h5-11,14-15H,2-4,12-13,16H2,1H3,(H,26,30)(H,25,27,28). The SMILES string of the molecule is Cc1ccc(NC(=O)CN2CCCCC2)cc1Nc1nccc(-c2cccnc2)n1. The number of hydrogen-bond acceptors (Lipinski definition) is 6. The summed E-state index contributed by atoms with van der Waals surface area (Å²) in [6.45, 7) is 4.44. The van der Waals surface area contributed by atoms with Gasteiger partial charge in [-0.1, -0.05) is 12.5 Å². The summed E-state index contributed by atoms with van der Waals surface area (Å²) < 4.78 is 0. The maximum atomic E-state index is 12.4. The molecule has 30 heavy (non-hydrogen) atoms. The normalized spacial score (nSPS) is 14.3. The van der Waals surface area contributed by atoms with Crippen molar-refractivity contribution in [2.75, 3.05) is 30.3 Å². The van der Waals surface area contributed by atoms with Crippen molar-refractivity contribution >= 4 is 23.2 Å². The molecule has 0 radical (unpaired) electrons. The van der Waals surface area contributed by atoms with Crippen LogP contribution in [0, 0.1) is 6.92 Å². The molecule has 0 unspecified atom stereocenters. The fourth-order valence-corrected chi connectivity index (χ4v) is 3.57. The number of aromatic nitrogens is 3. The third-order valence-electron chi connectivity index (χ3n) is 5.20. The van der Waals surface area contributed by atoms with Crippen molar-refractivity contribution in [2.45, 2.75) is 26.2 Å². The lowest BCUT2D eigenvalue weighted by Crippen LogP contribution is -2.36. The topological polar surface area (TPSA) is 83.0 Å². The third kappa shape index (κ3) is 5.18. The van der Waals surface area contributed by atoms with Crippen LogP contribution in [0.15, 0.2) is 55.0 Å². The molecule has 154 valence electrons. The van der Waals surface area contributed by atoms with E-state index in [-0.39, 0.29) is 5.91 Å². The Morgan fingerprint density at radius 2 is 1.97 bits per heavy atom. The van der Waals surface area contributed by atoms with E-state index in [2.05, 4.69) is 30.5 Å². The van der Waals surface area contributed by atoms with Gasteiger partial charge < -0.3 is 10.6 Å². The van der Waals surface area contributed by atoms with Crippen LogP contribution in [0.25, 0.3) is 11.3 Å². The fraction of sp³-hybridized carbons (Fsp3) is 0.304. The van der Waals surface area contributed by atoms with Gasteiger partial charge in [0.1, 0.15) is 0 Å². The Balaban J connectivity index is 1.45. The molecule has 0 saturated carbocycles. The molecule has 4 rings (SSSR count). The molecule has 1 saturated heterocycles. The lowest BCUT2D eigenvalue weighted by atomic mass is 10.1. The zero-order valence-corrected chi connectivity index (χ0v) is 17.1. The highest BCUT2D eigenvalue weighted by atomic mass is 16.2. The van der Waals surface area contributed by atoms with E-state index in [4.69, 9.17) is 0 Å². The maximum Gasteiger partial charge on any atom is 0.238 e. The van der Waals surface area contributed by atoms with Crippen LogP contribution >= 0.6 is 0 Å². The van der Waals surface area contributed by atoms with Crippen LogP contribution in [0.3, 0.4) is 0 Å². The molecule has 0 atom stereocenters. The minimum Gasteiger partial charge on any atom is -0.325 e. The minimum absolute atomic E-state index is 0.0153. The van der Waals surface area contributed by atoms with Gasteiger partial charge in [-0.2, -0.15) is 0 Å². The van der Waals surface area contributed by atoms with Gasteiger partial charge in [-0.15, -0.1) is 0 Å². The Labute approximate surface area is 176 Å². The first-order valence-electron chi connectivity index (χ1n) is 10.3. The Kier molecular flexibility index (Phi) is 6.29. The average molecular weight is 403 g/mol. The molecule has 7 nitrogen and oxygen atoms in total. The van der Waals surface area contributed by atoms with E-state index < -0.39 is 0 Å². The maximum absolute atomic E-state index is 12.4. The van der Waals surface area contributed by atoms with Gasteiger partial charge in [-0.3, -0.25) is 14.7 Å². The van der Waals surface area contributed by atoms with Crippen LogP contribution in [0.5, 0.6) is 0 Å².